The molecule has 2 fully saturated rings. The highest BCUT2D eigenvalue weighted by atomic mass is 16.2. The molecule has 20 heavy (non-hydrogen) atoms. The monoisotopic (exact) mass is 275 g/mol. The molecule has 2 saturated heterocycles. The van der Waals surface area contributed by atoms with Gasteiger partial charge >= 0.3 is 0 Å². The second-order valence-corrected chi connectivity index (χ2v) is 5.92. The Morgan fingerprint density at radius 3 is 2.95 bits per heavy atom. The quantitative estimate of drug-likeness (QED) is 0.829. The number of hydrogen-bond donors (Lipinski definition) is 1. The maximum Gasteiger partial charge on any atom is 0.270 e. The van der Waals surface area contributed by atoms with Crippen molar-refractivity contribution in [3.05, 3.63) is 34.2 Å². The van der Waals surface area contributed by atoms with E-state index in [0.717, 1.165) is 19.5 Å². The number of carbonyl (C=O) groups excluding carboxylic acids is 1. The number of nitrogens with one attached hydrogen (secondary N) is 1. The van der Waals surface area contributed by atoms with Crippen molar-refractivity contribution < 1.29 is 4.79 Å². The molecule has 1 amide bonds. The molecule has 5 nitrogen and oxygen atoms in total. The van der Waals surface area contributed by atoms with Gasteiger partial charge in [0.2, 0.25) is 5.56 Å². The number of pyridine rings is 1. The molecule has 0 aliphatic carbocycles. The standard InChI is InChI=1S/C15H21N3O2/c1-17-8-3-4-11-10-18(9-7-13(11)17)15(20)12-5-2-6-14(19)16-12/h2,5-6,11,13H,3-4,7-10H2,1H3,(H,16,19). The zero-order valence-electron chi connectivity index (χ0n) is 11.8. The minimum absolute atomic E-state index is 0.0469. The number of nitrogens with zero attached hydrogens (tertiary/aromatic N) is 2. The van der Waals surface area contributed by atoms with Crippen molar-refractivity contribution >= 4 is 5.91 Å². The summed E-state index contributed by atoms with van der Waals surface area (Å²) in [4.78, 5) is 30.7. The van der Waals surface area contributed by atoms with Crippen molar-refractivity contribution in [3.8, 4) is 0 Å². The van der Waals surface area contributed by atoms with Crippen LogP contribution >= 0.6 is 0 Å². The molecule has 0 aromatic carbocycles. The van der Waals surface area contributed by atoms with E-state index in [2.05, 4.69) is 16.9 Å². The molecule has 1 aromatic heterocycles. The van der Waals surface area contributed by atoms with Gasteiger partial charge < -0.3 is 14.8 Å². The maximum absolute atomic E-state index is 12.5. The summed E-state index contributed by atoms with van der Waals surface area (Å²) < 4.78 is 0. The van der Waals surface area contributed by atoms with E-state index < -0.39 is 0 Å². The SMILES string of the molecule is CN1CCCC2CN(C(=O)c3cccc(=O)[nH]3)CCC21. The normalized spacial score (nSPS) is 27.1. The van der Waals surface area contributed by atoms with Gasteiger partial charge in [-0.25, -0.2) is 0 Å². The van der Waals surface area contributed by atoms with Crippen molar-refractivity contribution in [2.75, 3.05) is 26.7 Å². The van der Waals surface area contributed by atoms with Gasteiger partial charge in [-0.3, -0.25) is 9.59 Å². The number of likely N-dealkylation sites (tertiary alicyclic amines) is 2. The smallest absolute Gasteiger partial charge is 0.270 e. The van der Waals surface area contributed by atoms with E-state index in [0.29, 0.717) is 17.7 Å². The number of rotatable bonds is 1. The van der Waals surface area contributed by atoms with Crippen molar-refractivity contribution in [1.29, 1.82) is 0 Å². The van der Waals surface area contributed by atoms with E-state index in [1.807, 2.05) is 4.90 Å². The number of fused-ring (bicyclic) bond motifs is 1. The molecule has 0 radical (unpaired) electrons. The topological polar surface area (TPSA) is 56.4 Å². The first-order chi connectivity index (χ1) is 9.65. The van der Waals surface area contributed by atoms with Crippen molar-refractivity contribution in [2.24, 2.45) is 5.92 Å². The molecule has 2 unspecified atom stereocenters. The summed E-state index contributed by atoms with van der Waals surface area (Å²) in [5.41, 5.74) is 0.184. The Bertz CT molecular complexity index is 554. The van der Waals surface area contributed by atoms with Gasteiger partial charge in [0.05, 0.1) is 0 Å². The van der Waals surface area contributed by atoms with Crippen LogP contribution in [0.3, 0.4) is 0 Å². The van der Waals surface area contributed by atoms with Crippen molar-refractivity contribution in [3.63, 3.8) is 0 Å². The maximum atomic E-state index is 12.5. The van der Waals surface area contributed by atoms with E-state index in [-0.39, 0.29) is 11.5 Å². The Labute approximate surface area is 118 Å². The molecule has 0 saturated carbocycles. The second kappa shape index (κ2) is 5.40. The van der Waals surface area contributed by atoms with E-state index in [1.54, 1.807) is 12.1 Å². The molecule has 108 valence electrons. The zero-order valence-corrected chi connectivity index (χ0v) is 11.8. The Kier molecular flexibility index (Phi) is 3.61. The van der Waals surface area contributed by atoms with E-state index in [1.165, 1.54) is 25.5 Å². The van der Waals surface area contributed by atoms with Crippen LogP contribution in [0.5, 0.6) is 0 Å². The van der Waals surface area contributed by atoms with E-state index in [9.17, 15) is 9.59 Å². The first-order valence-electron chi connectivity index (χ1n) is 7.34. The van der Waals surface area contributed by atoms with E-state index in [4.69, 9.17) is 0 Å². The molecule has 0 bridgehead atoms. The van der Waals surface area contributed by atoms with Gasteiger partial charge in [-0.1, -0.05) is 6.07 Å². The van der Waals surface area contributed by atoms with Crippen LogP contribution in [0.25, 0.3) is 0 Å². The molecule has 0 spiro atoms. The molecule has 1 N–H and O–H groups in total. The first-order valence-corrected chi connectivity index (χ1v) is 7.34. The molecule has 2 atom stereocenters. The van der Waals surface area contributed by atoms with Gasteiger partial charge in [0.15, 0.2) is 0 Å². The number of aromatic amines is 1. The Balaban J connectivity index is 1.73. The second-order valence-electron chi connectivity index (χ2n) is 5.92. The molecule has 2 aliphatic heterocycles. The molecule has 3 rings (SSSR count). The van der Waals surface area contributed by atoms with E-state index >= 15 is 0 Å². The first kappa shape index (κ1) is 13.4. The van der Waals surface area contributed by atoms with Crippen LogP contribution < -0.4 is 5.56 Å². The molecule has 5 heteroatoms. The lowest BCUT2D eigenvalue weighted by molar-refractivity contribution is 0.0313. The van der Waals surface area contributed by atoms with Gasteiger partial charge in [-0.15, -0.1) is 0 Å². The van der Waals surface area contributed by atoms with Crippen LogP contribution in [0.15, 0.2) is 23.0 Å². The van der Waals surface area contributed by atoms with Gasteiger partial charge in [0.1, 0.15) is 5.69 Å². The summed E-state index contributed by atoms with van der Waals surface area (Å²) in [5.74, 6) is 0.524. The third-order valence-corrected chi connectivity index (χ3v) is 4.63. The van der Waals surface area contributed by atoms with Gasteiger partial charge in [0, 0.05) is 25.2 Å². The number of aromatic nitrogens is 1. The summed E-state index contributed by atoms with van der Waals surface area (Å²) in [7, 11) is 2.18. The molecule has 3 heterocycles. The van der Waals surface area contributed by atoms with Crippen LogP contribution in [0.2, 0.25) is 0 Å². The summed E-state index contributed by atoms with van der Waals surface area (Å²) in [6.45, 7) is 2.76. The number of piperidine rings is 2. The number of carbonyl (C=O) groups is 1. The average Bonchev–Trinajstić information content (AvgIpc) is 2.46. The van der Waals surface area contributed by atoms with Crippen LogP contribution in [0.1, 0.15) is 29.8 Å². The average molecular weight is 275 g/mol. The van der Waals surface area contributed by atoms with Gasteiger partial charge in [-0.2, -0.15) is 0 Å². The highest BCUT2D eigenvalue weighted by Crippen LogP contribution is 2.29. The van der Waals surface area contributed by atoms with Crippen molar-refractivity contribution in [2.45, 2.75) is 25.3 Å². The van der Waals surface area contributed by atoms with Crippen LogP contribution in [-0.4, -0.2) is 53.4 Å². The predicted molar refractivity (Wildman–Crippen MR) is 76.7 cm³/mol. The van der Waals surface area contributed by atoms with Gasteiger partial charge in [0.25, 0.3) is 5.91 Å². The third kappa shape index (κ3) is 2.50. The third-order valence-electron chi connectivity index (χ3n) is 4.63. The van der Waals surface area contributed by atoms with Gasteiger partial charge in [-0.05, 0) is 44.8 Å². The molecular formula is C15H21N3O2. The number of H-pyrrole nitrogens is 1. The lowest BCUT2D eigenvalue weighted by Crippen LogP contribution is -2.54. The lowest BCUT2D eigenvalue weighted by atomic mass is 9.84. The molecule has 1 aromatic rings. The Morgan fingerprint density at radius 2 is 2.15 bits per heavy atom. The highest BCUT2D eigenvalue weighted by Gasteiger charge is 2.35. The van der Waals surface area contributed by atoms with Crippen LogP contribution in [0.4, 0.5) is 0 Å². The minimum atomic E-state index is -0.219. The molecule has 2 aliphatic rings. The zero-order chi connectivity index (χ0) is 14.1. The number of hydrogen-bond acceptors (Lipinski definition) is 3. The fourth-order valence-electron chi connectivity index (χ4n) is 3.58. The number of amides is 1. The van der Waals surface area contributed by atoms with Crippen LogP contribution in [0, 0.1) is 5.92 Å². The summed E-state index contributed by atoms with van der Waals surface area (Å²) in [6, 6.07) is 5.36. The Morgan fingerprint density at radius 1 is 1.30 bits per heavy atom. The Hall–Kier alpha value is -1.62. The molecular weight excluding hydrogens is 254 g/mol. The minimum Gasteiger partial charge on any atom is -0.337 e. The van der Waals surface area contributed by atoms with Crippen molar-refractivity contribution in [1.82, 2.24) is 14.8 Å². The summed E-state index contributed by atoms with van der Waals surface area (Å²) >= 11 is 0. The largest absolute Gasteiger partial charge is 0.337 e. The fourth-order valence-corrected chi connectivity index (χ4v) is 3.58. The summed E-state index contributed by atoms with van der Waals surface area (Å²) in [6.07, 6.45) is 3.44. The lowest BCUT2D eigenvalue weighted by Gasteiger charge is -2.45. The summed E-state index contributed by atoms with van der Waals surface area (Å²) in [5, 5.41) is 0. The van der Waals surface area contributed by atoms with Crippen LogP contribution in [-0.2, 0) is 0 Å². The highest BCUT2D eigenvalue weighted by molar-refractivity contribution is 5.92. The predicted octanol–water partition coefficient (Wildman–Crippen LogP) is 0.931. The fraction of sp³-hybridized carbons (Fsp3) is 0.600.